The van der Waals surface area contributed by atoms with E-state index in [0.717, 1.165) is 22.8 Å². The molecule has 2 rings (SSSR count). The van der Waals surface area contributed by atoms with Gasteiger partial charge < -0.3 is 19.6 Å². The zero-order valence-electron chi connectivity index (χ0n) is 11.3. The topological polar surface area (TPSA) is 54.6 Å². The lowest BCUT2D eigenvalue weighted by molar-refractivity contribution is 0.244. The van der Waals surface area contributed by atoms with Crippen LogP contribution in [0.5, 0.6) is 5.75 Å². The van der Waals surface area contributed by atoms with Gasteiger partial charge in [0.05, 0.1) is 13.2 Å². The number of aryl methyl sites for hydroxylation is 1. The first-order valence-corrected chi connectivity index (χ1v) is 6.38. The summed E-state index contributed by atoms with van der Waals surface area (Å²) < 4.78 is 11.0. The average molecular weight is 261 g/mol. The largest absolute Gasteiger partial charge is 0.494 e. The van der Waals surface area contributed by atoms with Gasteiger partial charge in [-0.25, -0.2) is 0 Å². The minimum atomic E-state index is -0.0704. The van der Waals surface area contributed by atoms with Crippen LogP contribution in [0, 0.1) is 6.92 Å². The van der Waals surface area contributed by atoms with E-state index in [4.69, 9.17) is 14.3 Å². The highest BCUT2D eigenvalue weighted by Crippen LogP contribution is 2.23. The smallest absolute Gasteiger partial charge is 0.129 e. The van der Waals surface area contributed by atoms with E-state index in [9.17, 15) is 0 Å². The van der Waals surface area contributed by atoms with Crippen molar-refractivity contribution in [2.75, 3.05) is 11.9 Å². The molecule has 0 saturated heterocycles. The SMILES string of the molecule is CCOc1cc(NCc2ccc(CO)o2)ccc1C. The van der Waals surface area contributed by atoms with Crippen molar-refractivity contribution < 1.29 is 14.3 Å². The van der Waals surface area contributed by atoms with Crippen LogP contribution in [0.1, 0.15) is 24.0 Å². The van der Waals surface area contributed by atoms with Crippen molar-refractivity contribution >= 4 is 5.69 Å². The van der Waals surface area contributed by atoms with E-state index in [1.165, 1.54) is 0 Å². The Kier molecular flexibility index (Phi) is 4.47. The molecule has 0 spiro atoms. The molecule has 0 aliphatic heterocycles. The molecular formula is C15H19NO3. The Bertz CT molecular complexity index is 534. The van der Waals surface area contributed by atoms with Gasteiger partial charge in [0.15, 0.2) is 0 Å². The molecule has 1 aromatic carbocycles. The van der Waals surface area contributed by atoms with Crippen LogP contribution in [0.2, 0.25) is 0 Å². The fourth-order valence-electron chi connectivity index (χ4n) is 1.81. The summed E-state index contributed by atoms with van der Waals surface area (Å²) >= 11 is 0. The van der Waals surface area contributed by atoms with E-state index in [2.05, 4.69) is 5.32 Å². The number of anilines is 1. The number of benzene rings is 1. The zero-order chi connectivity index (χ0) is 13.7. The van der Waals surface area contributed by atoms with Crippen LogP contribution in [0.4, 0.5) is 5.69 Å². The summed E-state index contributed by atoms with van der Waals surface area (Å²) in [6, 6.07) is 9.64. The standard InChI is InChI=1S/C15H19NO3/c1-3-18-15-8-12(5-4-11(15)2)16-9-13-6-7-14(10-17)19-13/h4-8,16-17H,3,9-10H2,1-2H3. The predicted octanol–water partition coefficient (Wildman–Crippen LogP) is 3.09. The third kappa shape index (κ3) is 3.51. The van der Waals surface area contributed by atoms with Gasteiger partial charge in [-0.15, -0.1) is 0 Å². The number of hydrogen-bond donors (Lipinski definition) is 2. The van der Waals surface area contributed by atoms with Gasteiger partial charge in [0.1, 0.15) is 23.9 Å². The van der Waals surface area contributed by atoms with Crippen LogP contribution in [0.25, 0.3) is 0 Å². The summed E-state index contributed by atoms with van der Waals surface area (Å²) in [6.45, 7) is 5.16. The average Bonchev–Trinajstić information content (AvgIpc) is 2.88. The van der Waals surface area contributed by atoms with Crippen molar-refractivity contribution in [2.45, 2.75) is 27.0 Å². The quantitative estimate of drug-likeness (QED) is 0.839. The molecule has 4 heteroatoms. The molecule has 1 heterocycles. The van der Waals surface area contributed by atoms with Gasteiger partial charge in [0.2, 0.25) is 0 Å². The maximum atomic E-state index is 8.93. The molecule has 2 aromatic rings. The van der Waals surface area contributed by atoms with Gasteiger partial charge in [-0.05, 0) is 37.6 Å². The van der Waals surface area contributed by atoms with Crippen molar-refractivity contribution in [3.8, 4) is 5.75 Å². The predicted molar refractivity (Wildman–Crippen MR) is 74.3 cm³/mol. The van der Waals surface area contributed by atoms with Gasteiger partial charge in [0, 0.05) is 11.8 Å². The molecule has 0 aliphatic rings. The van der Waals surface area contributed by atoms with E-state index in [0.29, 0.717) is 18.9 Å². The van der Waals surface area contributed by atoms with E-state index < -0.39 is 0 Å². The molecule has 0 bridgehead atoms. The maximum Gasteiger partial charge on any atom is 0.129 e. The molecule has 19 heavy (non-hydrogen) atoms. The molecule has 102 valence electrons. The first kappa shape index (κ1) is 13.5. The summed E-state index contributed by atoms with van der Waals surface area (Å²) in [4.78, 5) is 0. The molecule has 0 atom stereocenters. The minimum Gasteiger partial charge on any atom is -0.494 e. The number of rotatable bonds is 6. The number of aliphatic hydroxyl groups is 1. The minimum absolute atomic E-state index is 0.0704. The third-order valence-corrected chi connectivity index (χ3v) is 2.83. The second kappa shape index (κ2) is 6.29. The van der Waals surface area contributed by atoms with Gasteiger partial charge in [-0.1, -0.05) is 6.07 Å². The second-order valence-electron chi connectivity index (χ2n) is 4.29. The van der Waals surface area contributed by atoms with Crippen molar-refractivity contribution in [3.05, 3.63) is 47.4 Å². The van der Waals surface area contributed by atoms with Gasteiger partial charge in [0.25, 0.3) is 0 Å². The summed E-state index contributed by atoms with van der Waals surface area (Å²) in [6.07, 6.45) is 0. The molecule has 0 saturated carbocycles. The Balaban J connectivity index is 2.00. The number of aliphatic hydroxyl groups excluding tert-OH is 1. The first-order chi connectivity index (χ1) is 9.22. The van der Waals surface area contributed by atoms with Crippen LogP contribution in [-0.2, 0) is 13.2 Å². The van der Waals surface area contributed by atoms with E-state index >= 15 is 0 Å². The van der Waals surface area contributed by atoms with Gasteiger partial charge >= 0.3 is 0 Å². The summed E-state index contributed by atoms with van der Waals surface area (Å²) in [5.41, 5.74) is 2.10. The Morgan fingerprint density at radius 2 is 2.00 bits per heavy atom. The molecular weight excluding hydrogens is 242 g/mol. The van der Waals surface area contributed by atoms with E-state index in [-0.39, 0.29) is 6.61 Å². The fourth-order valence-corrected chi connectivity index (χ4v) is 1.81. The Labute approximate surface area is 113 Å². The monoisotopic (exact) mass is 261 g/mol. The van der Waals surface area contributed by atoms with Crippen LogP contribution in [0.15, 0.2) is 34.7 Å². The molecule has 2 N–H and O–H groups in total. The van der Waals surface area contributed by atoms with Crippen LogP contribution in [0.3, 0.4) is 0 Å². The Hall–Kier alpha value is -1.94. The third-order valence-electron chi connectivity index (χ3n) is 2.83. The number of furan rings is 1. The van der Waals surface area contributed by atoms with Gasteiger partial charge in [-0.3, -0.25) is 0 Å². The lowest BCUT2D eigenvalue weighted by atomic mass is 10.2. The Morgan fingerprint density at radius 1 is 1.21 bits per heavy atom. The van der Waals surface area contributed by atoms with Crippen molar-refractivity contribution in [2.24, 2.45) is 0 Å². The normalized spacial score (nSPS) is 10.5. The highest BCUT2D eigenvalue weighted by molar-refractivity contribution is 5.51. The second-order valence-corrected chi connectivity index (χ2v) is 4.29. The fraction of sp³-hybridized carbons (Fsp3) is 0.333. The number of ether oxygens (including phenoxy) is 1. The lowest BCUT2D eigenvalue weighted by Gasteiger charge is -2.10. The molecule has 0 amide bonds. The highest BCUT2D eigenvalue weighted by Gasteiger charge is 2.03. The molecule has 4 nitrogen and oxygen atoms in total. The molecule has 0 aliphatic carbocycles. The van der Waals surface area contributed by atoms with Crippen molar-refractivity contribution in [3.63, 3.8) is 0 Å². The molecule has 0 radical (unpaired) electrons. The van der Waals surface area contributed by atoms with Crippen molar-refractivity contribution in [1.29, 1.82) is 0 Å². The van der Waals surface area contributed by atoms with Crippen LogP contribution >= 0.6 is 0 Å². The van der Waals surface area contributed by atoms with E-state index in [1.807, 2.05) is 38.1 Å². The molecule has 0 unspecified atom stereocenters. The van der Waals surface area contributed by atoms with Crippen LogP contribution in [-0.4, -0.2) is 11.7 Å². The number of hydrogen-bond acceptors (Lipinski definition) is 4. The van der Waals surface area contributed by atoms with Gasteiger partial charge in [-0.2, -0.15) is 0 Å². The van der Waals surface area contributed by atoms with Crippen molar-refractivity contribution in [1.82, 2.24) is 0 Å². The van der Waals surface area contributed by atoms with E-state index in [1.54, 1.807) is 6.07 Å². The molecule has 1 aromatic heterocycles. The lowest BCUT2D eigenvalue weighted by Crippen LogP contribution is -2.00. The Morgan fingerprint density at radius 3 is 2.68 bits per heavy atom. The highest BCUT2D eigenvalue weighted by atomic mass is 16.5. The summed E-state index contributed by atoms with van der Waals surface area (Å²) in [5, 5.41) is 12.2. The molecule has 0 fully saturated rings. The first-order valence-electron chi connectivity index (χ1n) is 6.38. The zero-order valence-corrected chi connectivity index (χ0v) is 11.3. The van der Waals surface area contributed by atoms with Crippen LogP contribution < -0.4 is 10.1 Å². The maximum absolute atomic E-state index is 8.93. The summed E-state index contributed by atoms with van der Waals surface area (Å²) in [5.74, 6) is 2.27. The number of nitrogens with one attached hydrogen (secondary N) is 1. The summed E-state index contributed by atoms with van der Waals surface area (Å²) in [7, 11) is 0.